The largest absolute Gasteiger partial charge is 0.480 e. The Morgan fingerprint density at radius 3 is 2.50 bits per heavy atom. The number of hydrogen-bond donors (Lipinski definition) is 1. The second-order valence-corrected chi connectivity index (χ2v) is 4.19. The van der Waals surface area contributed by atoms with E-state index in [0.717, 1.165) is 4.90 Å². The molecule has 102 valence electrons. The number of aliphatic carboxylic acids is 1. The number of methoxy groups -OCH3 is 2. The molecule has 0 aromatic rings. The summed E-state index contributed by atoms with van der Waals surface area (Å²) in [6.07, 6.45) is -0.671. The average molecular weight is 259 g/mol. The SMILES string of the molecule is COC(=O)C1CC(=O)N([C@H](C(=O)O)[C@@H](C)OC)C1. The predicted octanol–water partition coefficient (Wildman–Crippen LogP) is -0.504. The molecule has 1 heterocycles. The Hall–Kier alpha value is -1.63. The standard InChI is InChI=1S/C11H17NO6/c1-6(17-2)9(10(14)15)12-5-7(4-8(12)13)11(16)18-3/h6-7,9H,4-5H2,1-3H3,(H,14,15)/t6-,7?,9+/m1/s1. The van der Waals surface area contributed by atoms with Gasteiger partial charge in [-0.2, -0.15) is 0 Å². The first-order valence-electron chi connectivity index (χ1n) is 5.55. The molecule has 0 spiro atoms. The minimum absolute atomic E-state index is 0.0209. The third kappa shape index (κ3) is 2.79. The van der Waals surface area contributed by atoms with E-state index in [2.05, 4.69) is 4.74 Å². The van der Waals surface area contributed by atoms with Crippen LogP contribution in [0.3, 0.4) is 0 Å². The van der Waals surface area contributed by atoms with E-state index in [1.807, 2.05) is 0 Å². The van der Waals surface area contributed by atoms with E-state index in [9.17, 15) is 14.4 Å². The van der Waals surface area contributed by atoms with Gasteiger partial charge in [0.15, 0.2) is 6.04 Å². The van der Waals surface area contributed by atoms with Crippen molar-refractivity contribution in [2.75, 3.05) is 20.8 Å². The van der Waals surface area contributed by atoms with Crippen LogP contribution in [0.4, 0.5) is 0 Å². The number of carboxylic acids is 1. The summed E-state index contributed by atoms with van der Waals surface area (Å²) in [5.41, 5.74) is 0. The number of likely N-dealkylation sites (tertiary alicyclic amines) is 1. The Kier molecular flexibility index (Phi) is 4.66. The highest BCUT2D eigenvalue weighted by molar-refractivity contribution is 5.90. The number of nitrogens with zero attached hydrogens (tertiary/aromatic N) is 1. The maximum Gasteiger partial charge on any atom is 0.329 e. The van der Waals surface area contributed by atoms with E-state index in [1.54, 1.807) is 6.92 Å². The Morgan fingerprint density at radius 1 is 1.44 bits per heavy atom. The molecule has 1 N–H and O–H groups in total. The molecule has 0 aliphatic carbocycles. The van der Waals surface area contributed by atoms with E-state index >= 15 is 0 Å². The van der Waals surface area contributed by atoms with Crippen molar-refractivity contribution in [3.8, 4) is 0 Å². The second kappa shape index (κ2) is 5.81. The Bertz CT molecular complexity index is 355. The topological polar surface area (TPSA) is 93.1 Å². The van der Waals surface area contributed by atoms with Gasteiger partial charge >= 0.3 is 11.9 Å². The van der Waals surface area contributed by atoms with E-state index in [4.69, 9.17) is 9.84 Å². The predicted molar refractivity (Wildman–Crippen MR) is 59.7 cm³/mol. The molecule has 7 nitrogen and oxygen atoms in total. The molecule has 1 aliphatic heterocycles. The van der Waals surface area contributed by atoms with Gasteiger partial charge in [0.2, 0.25) is 5.91 Å². The number of carbonyl (C=O) groups excluding carboxylic acids is 2. The van der Waals surface area contributed by atoms with Gasteiger partial charge in [-0.1, -0.05) is 0 Å². The van der Waals surface area contributed by atoms with Gasteiger partial charge in [-0.25, -0.2) is 4.79 Å². The van der Waals surface area contributed by atoms with Crippen LogP contribution in [0.1, 0.15) is 13.3 Å². The van der Waals surface area contributed by atoms with Crippen molar-refractivity contribution in [1.82, 2.24) is 4.90 Å². The summed E-state index contributed by atoms with van der Waals surface area (Å²) in [7, 11) is 2.61. The molecule has 1 fully saturated rings. The van der Waals surface area contributed by atoms with Crippen molar-refractivity contribution < 1.29 is 29.0 Å². The number of amides is 1. The summed E-state index contributed by atoms with van der Waals surface area (Å²) in [6, 6.07) is -1.09. The van der Waals surface area contributed by atoms with Crippen molar-refractivity contribution in [3.63, 3.8) is 0 Å². The molecule has 7 heteroatoms. The summed E-state index contributed by atoms with van der Waals surface area (Å²) in [6.45, 7) is 1.62. The van der Waals surface area contributed by atoms with Gasteiger partial charge in [-0.15, -0.1) is 0 Å². The fourth-order valence-electron chi connectivity index (χ4n) is 2.04. The highest BCUT2D eigenvalue weighted by Gasteiger charge is 2.43. The van der Waals surface area contributed by atoms with Gasteiger partial charge in [-0.3, -0.25) is 9.59 Å². The zero-order valence-electron chi connectivity index (χ0n) is 10.6. The van der Waals surface area contributed by atoms with Crippen LogP contribution in [-0.4, -0.2) is 60.8 Å². The first kappa shape index (κ1) is 14.4. The highest BCUT2D eigenvalue weighted by Crippen LogP contribution is 2.23. The normalized spacial score (nSPS) is 22.7. The van der Waals surface area contributed by atoms with Crippen molar-refractivity contribution >= 4 is 17.8 Å². The van der Waals surface area contributed by atoms with Crippen LogP contribution in [0.5, 0.6) is 0 Å². The molecule has 1 amide bonds. The lowest BCUT2D eigenvalue weighted by molar-refractivity contribution is -0.154. The summed E-state index contributed by atoms with van der Waals surface area (Å²) in [5, 5.41) is 9.14. The molecule has 0 aromatic carbocycles. The van der Waals surface area contributed by atoms with Crippen LogP contribution in [0.15, 0.2) is 0 Å². The van der Waals surface area contributed by atoms with Gasteiger partial charge in [0.25, 0.3) is 0 Å². The fourth-order valence-corrected chi connectivity index (χ4v) is 2.04. The minimum Gasteiger partial charge on any atom is -0.480 e. The summed E-state index contributed by atoms with van der Waals surface area (Å²) in [5.74, 6) is -2.63. The van der Waals surface area contributed by atoms with E-state index in [0.29, 0.717) is 0 Å². The molecule has 1 unspecified atom stereocenters. The van der Waals surface area contributed by atoms with Crippen LogP contribution >= 0.6 is 0 Å². The summed E-state index contributed by atoms with van der Waals surface area (Å²) in [4.78, 5) is 35.5. The van der Waals surface area contributed by atoms with Gasteiger partial charge in [0.1, 0.15) is 0 Å². The molecule has 0 saturated carbocycles. The lowest BCUT2D eigenvalue weighted by Gasteiger charge is -2.28. The zero-order valence-corrected chi connectivity index (χ0v) is 10.6. The molecule has 0 radical (unpaired) electrons. The van der Waals surface area contributed by atoms with Crippen LogP contribution in [0.25, 0.3) is 0 Å². The summed E-state index contributed by atoms with van der Waals surface area (Å²) >= 11 is 0. The molecule has 1 rings (SSSR count). The van der Waals surface area contributed by atoms with Gasteiger partial charge in [0, 0.05) is 20.1 Å². The van der Waals surface area contributed by atoms with E-state index in [1.165, 1.54) is 14.2 Å². The maximum absolute atomic E-state index is 11.8. The lowest BCUT2D eigenvalue weighted by atomic mass is 10.1. The van der Waals surface area contributed by atoms with E-state index < -0.39 is 30.0 Å². The Balaban J connectivity index is 2.85. The van der Waals surface area contributed by atoms with Crippen LogP contribution < -0.4 is 0 Å². The maximum atomic E-state index is 11.8. The lowest BCUT2D eigenvalue weighted by Crippen LogP contribution is -2.49. The molecule has 1 aliphatic rings. The van der Waals surface area contributed by atoms with Gasteiger partial charge in [0.05, 0.1) is 19.1 Å². The molecule has 1 saturated heterocycles. The van der Waals surface area contributed by atoms with Crippen LogP contribution in [-0.2, 0) is 23.9 Å². The van der Waals surface area contributed by atoms with Crippen molar-refractivity contribution in [3.05, 3.63) is 0 Å². The molecule has 18 heavy (non-hydrogen) atoms. The third-order valence-electron chi connectivity index (χ3n) is 3.10. The van der Waals surface area contributed by atoms with Crippen LogP contribution in [0.2, 0.25) is 0 Å². The Morgan fingerprint density at radius 2 is 2.06 bits per heavy atom. The van der Waals surface area contributed by atoms with Crippen molar-refractivity contribution in [2.24, 2.45) is 5.92 Å². The number of carboxylic acid groups (broad SMARTS) is 1. The fraction of sp³-hybridized carbons (Fsp3) is 0.727. The first-order valence-corrected chi connectivity index (χ1v) is 5.55. The van der Waals surface area contributed by atoms with Gasteiger partial charge < -0.3 is 19.5 Å². The number of carbonyl (C=O) groups is 3. The minimum atomic E-state index is -1.15. The molecular weight excluding hydrogens is 242 g/mol. The number of esters is 1. The molecular formula is C11H17NO6. The van der Waals surface area contributed by atoms with Gasteiger partial charge in [-0.05, 0) is 6.92 Å². The monoisotopic (exact) mass is 259 g/mol. The molecule has 0 aromatic heterocycles. The van der Waals surface area contributed by atoms with E-state index in [-0.39, 0.29) is 18.9 Å². The Labute approximate surface area is 105 Å². The summed E-state index contributed by atoms with van der Waals surface area (Å²) < 4.78 is 9.53. The quantitative estimate of drug-likeness (QED) is 0.669. The smallest absolute Gasteiger partial charge is 0.329 e. The molecule has 3 atom stereocenters. The number of hydrogen-bond acceptors (Lipinski definition) is 5. The van der Waals surface area contributed by atoms with Crippen LogP contribution in [0, 0.1) is 5.92 Å². The number of rotatable bonds is 5. The second-order valence-electron chi connectivity index (χ2n) is 4.19. The molecule has 0 bridgehead atoms. The first-order chi connectivity index (χ1) is 8.42. The average Bonchev–Trinajstić information content (AvgIpc) is 2.70. The van der Waals surface area contributed by atoms with Crippen molar-refractivity contribution in [2.45, 2.75) is 25.5 Å². The third-order valence-corrected chi connectivity index (χ3v) is 3.10. The highest BCUT2D eigenvalue weighted by atomic mass is 16.5. The van der Waals surface area contributed by atoms with Crippen molar-refractivity contribution in [1.29, 1.82) is 0 Å². The zero-order chi connectivity index (χ0) is 13.9. The number of ether oxygens (including phenoxy) is 2.